The molecule has 0 heterocycles. The molecule has 7 heteroatoms. The maximum absolute atomic E-state index is 10.2. The third-order valence-corrected chi connectivity index (χ3v) is 6.67. The maximum atomic E-state index is 10.2. The first kappa shape index (κ1) is 16.2. The zero-order valence-corrected chi connectivity index (χ0v) is 11.5. The summed E-state index contributed by atoms with van der Waals surface area (Å²) in [5, 5.41) is 7.60. The summed E-state index contributed by atoms with van der Waals surface area (Å²) in [4.78, 5) is 9.25. The molecule has 0 radical (unpaired) electrons. The quantitative estimate of drug-likeness (QED) is 0.408. The summed E-state index contributed by atoms with van der Waals surface area (Å²) in [5.41, 5.74) is 0. The molecule has 1 atom stereocenters. The summed E-state index contributed by atoms with van der Waals surface area (Å²) in [6.45, 7) is 4.71. The number of rotatable bonds is 3. The van der Waals surface area contributed by atoms with Crippen molar-refractivity contribution in [2.24, 2.45) is 0 Å². The van der Waals surface area contributed by atoms with E-state index in [4.69, 9.17) is 9.66 Å². The van der Waals surface area contributed by atoms with E-state index in [0.29, 0.717) is 6.42 Å². The molecule has 2 N–H and O–H groups in total. The number of carboxylic acids is 1. The number of carbonyl (C=O) groups is 1. The molecule has 72 valence electrons. The van der Waals surface area contributed by atoms with Crippen molar-refractivity contribution in [1.29, 1.82) is 0 Å². The molecule has 0 rings (SSSR count). The molecule has 0 aromatic rings. The Hall–Kier alpha value is 0.756. The topological polar surface area (TPSA) is 91.7 Å². The van der Waals surface area contributed by atoms with Crippen LogP contribution in [0, 0.1) is 0 Å². The Kier molecular flexibility index (Phi) is 10.1. The van der Waals surface area contributed by atoms with Crippen molar-refractivity contribution < 1.29 is 22.9 Å². The molecule has 1 unspecified atom stereocenters. The van der Waals surface area contributed by atoms with Gasteiger partial charge in [-0.3, -0.25) is 0 Å². The predicted octanol–water partition coefficient (Wildman–Crippen LogP) is 0.0358. The van der Waals surface area contributed by atoms with E-state index >= 15 is 0 Å². The molecule has 0 aliphatic carbocycles. The molecular weight excluding hydrogens is 223 g/mol. The fourth-order valence-corrected chi connectivity index (χ4v) is 0.632. The van der Waals surface area contributed by atoms with Gasteiger partial charge in [0.05, 0.1) is 0 Å². The van der Waals surface area contributed by atoms with Crippen LogP contribution in [0.1, 0.15) is 13.3 Å². The van der Waals surface area contributed by atoms with Crippen LogP contribution in [-0.4, -0.2) is 72.3 Å². The molecule has 0 saturated heterocycles. The van der Waals surface area contributed by atoms with Gasteiger partial charge in [-0.2, -0.15) is 0 Å². The molecule has 0 aliphatic rings. The Morgan fingerprint density at radius 2 is 2.00 bits per heavy atom. The minimum absolute atomic E-state index is 0.176. The van der Waals surface area contributed by atoms with E-state index in [0.717, 1.165) is 6.08 Å². The van der Waals surface area contributed by atoms with Gasteiger partial charge in [-0.15, -0.1) is 0 Å². The first-order valence-electron chi connectivity index (χ1n) is 3.57. The molecule has 13 heavy (non-hydrogen) atoms. The van der Waals surface area contributed by atoms with Crippen LogP contribution in [0.3, 0.4) is 0 Å². The van der Waals surface area contributed by atoms with Crippen LogP contribution < -0.4 is 0 Å². The van der Waals surface area contributed by atoms with Crippen molar-refractivity contribution in [2.75, 3.05) is 0 Å². The van der Waals surface area contributed by atoms with Crippen LogP contribution in [0.2, 0.25) is 0 Å². The zero-order valence-electron chi connectivity index (χ0n) is 7.60. The number of aliphatic carboxylic acids is 1. The standard InChI is InChI=1S/C3H7O3S.C3H4O2.K/c1-2-3-7(4,5)6;1-2-3(4)5;/h3H,2H2,1H3,(H,4,5,6);2H,1H2,(H,4,5);. The van der Waals surface area contributed by atoms with E-state index in [1.807, 2.05) is 0 Å². The van der Waals surface area contributed by atoms with E-state index in [9.17, 15) is 13.2 Å². The Labute approximate surface area is 112 Å². The minimum atomic E-state index is -3.67. The van der Waals surface area contributed by atoms with Crippen LogP contribution in [0.4, 0.5) is 0 Å². The summed E-state index contributed by atoms with van der Waals surface area (Å²) >= 11 is 0.176. The number of hydrogen-bond acceptors (Lipinski definition) is 3. The van der Waals surface area contributed by atoms with Gasteiger partial charge in [0.15, 0.2) is 0 Å². The zero-order chi connectivity index (χ0) is 11.1. The first-order valence-corrected chi connectivity index (χ1v) is 6.88. The van der Waals surface area contributed by atoms with Gasteiger partial charge >= 0.3 is 90.7 Å². The summed E-state index contributed by atoms with van der Waals surface area (Å²) < 4.78 is 28.2. The first-order chi connectivity index (χ1) is 5.75. The summed E-state index contributed by atoms with van der Waals surface area (Å²) in [6.07, 6.45) is 1.37. The van der Waals surface area contributed by atoms with Crippen molar-refractivity contribution in [3.63, 3.8) is 0 Å². The summed E-state index contributed by atoms with van der Waals surface area (Å²) in [6, 6.07) is 0. The van der Waals surface area contributed by atoms with E-state index in [1.165, 1.54) is 0 Å². The predicted molar refractivity (Wildman–Crippen MR) is 49.2 cm³/mol. The van der Waals surface area contributed by atoms with Crippen LogP contribution in [0.25, 0.3) is 0 Å². The molecule has 5 nitrogen and oxygen atoms in total. The van der Waals surface area contributed by atoms with Crippen LogP contribution in [0.15, 0.2) is 12.7 Å². The monoisotopic (exact) mass is 234 g/mol. The SMILES string of the molecule is C=CC(=O)O.CC[CH]([K])S(=O)(=O)O. The van der Waals surface area contributed by atoms with E-state index < -0.39 is 15.4 Å². The second-order valence-corrected chi connectivity index (χ2v) is 7.59. The van der Waals surface area contributed by atoms with Crippen LogP contribution in [-0.2, 0) is 14.9 Å². The van der Waals surface area contributed by atoms with Crippen LogP contribution in [0.5, 0.6) is 0 Å². The molecule has 0 fully saturated rings. The van der Waals surface area contributed by atoms with Gasteiger partial charge in [0, 0.05) is 6.08 Å². The van der Waals surface area contributed by atoms with Crippen LogP contribution >= 0.6 is 0 Å². The van der Waals surface area contributed by atoms with Crippen molar-refractivity contribution >= 4 is 65.0 Å². The van der Waals surface area contributed by atoms with Crippen molar-refractivity contribution in [1.82, 2.24) is 0 Å². The molecule has 0 saturated carbocycles. The summed E-state index contributed by atoms with van der Waals surface area (Å²) in [5.74, 6) is -0.981. The van der Waals surface area contributed by atoms with E-state index in [1.54, 1.807) is 6.92 Å². The van der Waals surface area contributed by atoms with Gasteiger partial charge in [0.2, 0.25) is 0 Å². The Bertz CT molecular complexity index is 258. The molecule has 0 aliphatic heterocycles. The Morgan fingerprint density at radius 1 is 1.69 bits per heavy atom. The van der Waals surface area contributed by atoms with E-state index in [2.05, 4.69) is 6.58 Å². The Balaban J connectivity index is 0. The van der Waals surface area contributed by atoms with Gasteiger partial charge < -0.3 is 5.11 Å². The molecule has 0 aromatic heterocycles. The third-order valence-electron chi connectivity index (χ3n) is 1.26. The molecular formula is C6H11KO5S. The number of hydrogen-bond donors (Lipinski definition) is 2. The molecule has 0 bridgehead atoms. The average Bonchev–Trinajstić information content (AvgIpc) is 2.02. The Morgan fingerprint density at radius 3 is 2.00 bits per heavy atom. The van der Waals surface area contributed by atoms with Gasteiger partial charge in [0.1, 0.15) is 0 Å². The molecule has 0 amide bonds. The average molecular weight is 234 g/mol. The van der Waals surface area contributed by atoms with Crippen molar-refractivity contribution in [3.8, 4) is 0 Å². The molecule has 0 aromatic carbocycles. The van der Waals surface area contributed by atoms with Gasteiger partial charge in [-0.25, -0.2) is 4.79 Å². The molecule has 0 spiro atoms. The normalized spacial score (nSPS) is 12.3. The van der Waals surface area contributed by atoms with Crippen molar-refractivity contribution in [2.45, 2.75) is 12.7 Å². The third kappa shape index (κ3) is 12.8. The fourth-order valence-electron chi connectivity index (χ4n) is 0.211. The van der Waals surface area contributed by atoms with Gasteiger partial charge in [-0.05, 0) is 0 Å². The van der Waals surface area contributed by atoms with Crippen molar-refractivity contribution in [3.05, 3.63) is 12.7 Å². The fraction of sp³-hybridized carbons (Fsp3) is 0.500. The number of carboxylic acid groups (broad SMARTS) is 1. The second-order valence-electron chi connectivity index (χ2n) is 2.28. The summed E-state index contributed by atoms with van der Waals surface area (Å²) in [7, 11) is -3.67. The van der Waals surface area contributed by atoms with Gasteiger partial charge in [-0.1, -0.05) is 6.58 Å². The van der Waals surface area contributed by atoms with E-state index in [-0.39, 0.29) is 49.0 Å². The van der Waals surface area contributed by atoms with Gasteiger partial charge in [0.25, 0.3) is 0 Å². The second kappa shape index (κ2) is 8.10.